The number of allylic oxidation sites excluding steroid dienone is 1. The van der Waals surface area contributed by atoms with E-state index in [4.69, 9.17) is 0 Å². The molecule has 1 amide bonds. The molecular weight excluding hydrogens is 256 g/mol. The number of unbranched alkanes of at least 4 members (excludes halogenated alkanes) is 1. The minimum absolute atomic E-state index is 0.00716. The first-order chi connectivity index (χ1) is 8.59. The molecule has 1 aliphatic heterocycles. The molecule has 19 heavy (non-hydrogen) atoms. The SMILES string of the molecule is CCCCN1NSC(C(C)(C)C)=C(C(C)(C)C)C1=O. The Morgan fingerprint density at radius 2 is 1.68 bits per heavy atom. The highest BCUT2D eigenvalue weighted by Gasteiger charge is 2.38. The molecule has 1 rings (SSSR count). The van der Waals surface area contributed by atoms with Crippen molar-refractivity contribution >= 4 is 17.9 Å². The lowest BCUT2D eigenvalue weighted by Crippen LogP contribution is -2.47. The Morgan fingerprint density at radius 1 is 1.11 bits per heavy atom. The fraction of sp³-hybridized carbons (Fsp3) is 0.800. The number of nitrogens with one attached hydrogen (secondary N) is 1. The first kappa shape index (κ1) is 16.6. The lowest BCUT2D eigenvalue weighted by atomic mass is 9.80. The predicted molar refractivity (Wildman–Crippen MR) is 83.3 cm³/mol. The molecule has 0 aromatic heterocycles. The normalized spacial score (nSPS) is 18.3. The van der Waals surface area contributed by atoms with Gasteiger partial charge in [0.15, 0.2) is 0 Å². The lowest BCUT2D eigenvalue weighted by molar-refractivity contribution is -0.130. The van der Waals surface area contributed by atoms with Crippen LogP contribution in [0.15, 0.2) is 10.5 Å². The fourth-order valence-corrected chi connectivity index (χ4v) is 3.26. The monoisotopic (exact) mass is 284 g/mol. The number of amides is 1. The summed E-state index contributed by atoms with van der Waals surface area (Å²) in [6.45, 7) is 15.8. The van der Waals surface area contributed by atoms with Crippen LogP contribution < -0.4 is 4.83 Å². The summed E-state index contributed by atoms with van der Waals surface area (Å²) in [4.78, 5) is 17.1. The van der Waals surface area contributed by atoms with E-state index in [1.54, 1.807) is 17.0 Å². The molecule has 0 saturated carbocycles. The van der Waals surface area contributed by atoms with Crippen molar-refractivity contribution < 1.29 is 4.79 Å². The zero-order valence-electron chi connectivity index (χ0n) is 13.4. The topological polar surface area (TPSA) is 32.3 Å². The molecule has 0 radical (unpaired) electrons. The average Bonchev–Trinajstić information content (AvgIpc) is 2.24. The highest BCUT2D eigenvalue weighted by Crippen LogP contribution is 2.44. The van der Waals surface area contributed by atoms with Gasteiger partial charge in [-0.05, 0) is 29.2 Å². The molecule has 1 aliphatic rings. The summed E-state index contributed by atoms with van der Waals surface area (Å²) in [6, 6.07) is 0. The van der Waals surface area contributed by atoms with Crippen molar-refractivity contribution in [2.75, 3.05) is 6.54 Å². The van der Waals surface area contributed by atoms with Gasteiger partial charge in [-0.1, -0.05) is 54.9 Å². The second-order valence-corrected chi connectivity index (χ2v) is 8.00. The number of nitrogens with zero attached hydrogens (tertiary/aromatic N) is 1. The molecule has 3 nitrogen and oxygen atoms in total. The quantitative estimate of drug-likeness (QED) is 0.791. The van der Waals surface area contributed by atoms with E-state index < -0.39 is 0 Å². The molecule has 0 fully saturated rings. The van der Waals surface area contributed by atoms with Crippen LogP contribution in [0, 0.1) is 10.8 Å². The van der Waals surface area contributed by atoms with Crippen molar-refractivity contribution in [1.29, 1.82) is 0 Å². The average molecular weight is 284 g/mol. The van der Waals surface area contributed by atoms with Gasteiger partial charge in [0, 0.05) is 17.0 Å². The molecule has 1 heterocycles. The van der Waals surface area contributed by atoms with Gasteiger partial charge in [0.1, 0.15) is 0 Å². The number of carbonyl (C=O) groups excluding carboxylic acids is 1. The molecule has 0 bridgehead atoms. The van der Waals surface area contributed by atoms with Crippen LogP contribution in [0.3, 0.4) is 0 Å². The second kappa shape index (κ2) is 5.88. The molecule has 0 spiro atoms. The smallest absolute Gasteiger partial charge is 0.266 e. The van der Waals surface area contributed by atoms with Crippen LogP contribution >= 0.6 is 11.9 Å². The van der Waals surface area contributed by atoms with E-state index in [2.05, 4.69) is 53.3 Å². The van der Waals surface area contributed by atoms with Gasteiger partial charge in [0.2, 0.25) is 0 Å². The third-order valence-electron chi connectivity index (χ3n) is 3.11. The van der Waals surface area contributed by atoms with Crippen LogP contribution in [0.2, 0.25) is 0 Å². The highest BCUT2D eigenvalue weighted by atomic mass is 32.2. The van der Waals surface area contributed by atoms with Crippen LogP contribution in [-0.2, 0) is 4.79 Å². The molecule has 0 atom stereocenters. The van der Waals surface area contributed by atoms with Crippen molar-refractivity contribution in [2.45, 2.75) is 61.3 Å². The maximum Gasteiger partial charge on any atom is 0.266 e. The maximum atomic E-state index is 12.7. The molecule has 4 heteroatoms. The zero-order chi connectivity index (χ0) is 14.8. The molecule has 0 aromatic rings. The van der Waals surface area contributed by atoms with Gasteiger partial charge in [-0.25, -0.2) is 0 Å². The minimum atomic E-state index is -0.126. The van der Waals surface area contributed by atoms with Crippen LogP contribution in [0.4, 0.5) is 0 Å². The standard InChI is InChI=1S/C15H28N2OS/c1-8-9-10-17-13(18)11(14(2,3)4)12(19-16-17)15(5,6)7/h16H,8-10H2,1-7H3. The van der Waals surface area contributed by atoms with Crippen LogP contribution in [0.25, 0.3) is 0 Å². The summed E-state index contributed by atoms with van der Waals surface area (Å²) in [6.07, 6.45) is 2.12. The number of hydrazine groups is 1. The van der Waals surface area contributed by atoms with Gasteiger partial charge < -0.3 is 0 Å². The molecular formula is C15H28N2OS. The highest BCUT2D eigenvalue weighted by molar-refractivity contribution is 8.01. The Balaban J connectivity index is 3.15. The van der Waals surface area contributed by atoms with Crippen LogP contribution in [0.1, 0.15) is 61.3 Å². The number of rotatable bonds is 3. The van der Waals surface area contributed by atoms with E-state index in [-0.39, 0.29) is 16.7 Å². The maximum absolute atomic E-state index is 12.7. The van der Waals surface area contributed by atoms with Gasteiger partial charge in [-0.15, -0.1) is 0 Å². The largest absolute Gasteiger partial charge is 0.268 e. The molecule has 0 unspecified atom stereocenters. The number of hydrogen-bond acceptors (Lipinski definition) is 3. The number of carbonyl (C=O) groups is 1. The van der Waals surface area contributed by atoms with E-state index in [0.29, 0.717) is 0 Å². The van der Waals surface area contributed by atoms with Crippen molar-refractivity contribution in [3.8, 4) is 0 Å². The Kier molecular flexibility index (Phi) is 5.13. The van der Waals surface area contributed by atoms with Gasteiger partial charge >= 0.3 is 0 Å². The van der Waals surface area contributed by atoms with Gasteiger partial charge in [0.05, 0.1) is 0 Å². The van der Waals surface area contributed by atoms with E-state index in [0.717, 1.165) is 29.9 Å². The predicted octanol–water partition coefficient (Wildman–Crippen LogP) is 4.13. The molecule has 1 N–H and O–H groups in total. The lowest BCUT2D eigenvalue weighted by Gasteiger charge is -2.39. The Bertz CT molecular complexity index is 375. The number of hydrogen-bond donors (Lipinski definition) is 1. The third-order valence-corrected chi connectivity index (χ3v) is 4.44. The van der Waals surface area contributed by atoms with E-state index in [9.17, 15) is 4.79 Å². The van der Waals surface area contributed by atoms with Gasteiger partial charge in [-0.3, -0.25) is 9.80 Å². The first-order valence-corrected chi connectivity index (χ1v) is 7.90. The Labute approximate surface area is 122 Å². The molecule has 0 saturated heterocycles. The fourth-order valence-electron chi connectivity index (χ4n) is 2.08. The minimum Gasteiger partial charge on any atom is -0.268 e. The summed E-state index contributed by atoms with van der Waals surface area (Å²) in [5.74, 6) is 0.143. The molecule has 0 aromatic carbocycles. The first-order valence-electron chi connectivity index (χ1n) is 7.08. The van der Waals surface area contributed by atoms with Crippen LogP contribution in [0.5, 0.6) is 0 Å². The molecule has 110 valence electrons. The third kappa shape index (κ3) is 3.99. The Morgan fingerprint density at radius 3 is 2.11 bits per heavy atom. The van der Waals surface area contributed by atoms with E-state index in [1.165, 1.54) is 0 Å². The summed E-state index contributed by atoms with van der Waals surface area (Å²) in [5.41, 5.74) is 0.825. The second-order valence-electron chi connectivity index (χ2n) is 7.21. The molecule has 0 aliphatic carbocycles. The van der Waals surface area contributed by atoms with Gasteiger partial charge in [-0.2, -0.15) is 4.83 Å². The van der Waals surface area contributed by atoms with Crippen molar-refractivity contribution in [1.82, 2.24) is 9.84 Å². The van der Waals surface area contributed by atoms with Crippen molar-refractivity contribution in [3.63, 3.8) is 0 Å². The summed E-state index contributed by atoms with van der Waals surface area (Å²) in [7, 11) is 0. The van der Waals surface area contributed by atoms with Crippen LogP contribution in [-0.4, -0.2) is 17.5 Å². The van der Waals surface area contributed by atoms with E-state index in [1.807, 2.05) is 0 Å². The summed E-state index contributed by atoms with van der Waals surface area (Å²) >= 11 is 1.60. The van der Waals surface area contributed by atoms with Crippen molar-refractivity contribution in [2.24, 2.45) is 10.8 Å². The summed E-state index contributed by atoms with van der Waals surface area (Å²) in [5, 5.41) is 1.77. The zero-order valence-corrected chi connectivity index (χ0v) is 14.2. The summed E-state index contributed by atoms with van der Waals surface area (Å²) < 4.78 is 0. The Hall–Kier alpha value is -0.480. The van der Waals surface area contributed by atoms with Gasteiger partial charge in [0.25, 0.3) is 5.91 Å². The van der Waals surface area contributed by atoms with Crippen molar-refractivity contribution in [3.05, 3.63) is 10.5 Å². The van der Waals surface area contributed by atoms with E-state index >= 15 is 0 Å².